The molecule has 1 aromatic rings. The van der Waals surface area contributed by atoms with Crippen LogP contribution in [0.4, 0.5) is 0 Å². The van der Waals surface area contributed by atoms with Gasteiger partial charge >= 0.3 is 5.97 Å². The van der Waals surface area contributed by atoms with Crippen LogP contribution >= 0.6 is 15.9 Å². The van der Waals surface area contributed by atoms with Crippen molar-refractivity contribution < 1.29 is 18.8 Å². The van der Waals surface area contributed by atoms with Crippen molar-refractivity contribution in [1.82, 2.24) is 0 Å². The van der Waals surface area contributed by atoms with Gasteiger partial charge in [0, 0.05) is 16.8 Å². The van der Waals surface area contributed by atoms with Crippen LogP contribution in [0.15, 0.2) is 27.6 Å². The summed E-state index contributed by atoms with van der Waals surface area (Å²) in [6.07, 6.45) is 2.93. The number of hydrogen-bond acceptors (Lipinski definition) is 3. The molecule has 1 saturated heterocycles. The van der Waals surface area contributed by atoms with Crippen molar-refractivity contribution in [2.45, 2.75) is 30.3 Å². The van der Waals surface area contributed by atoms with Crippen LogP contribution in [0, 0.1) is 0 Å². The molecular weight excluding hydrogens is 332 g/mol. The normalized spacial score (nSPS) is 20.4. The average Bonchev–Trinajstić information content (AvgIpc) is 2.88. The molecule has 2 atom stereocenters. The third-order valence-corrected chi connectivity index (χ3v) is 5.00. The molecule has 1 aromatic carbocycles. The maximum atomic E-state index is 12.3. The number of carbonyl (C=O) groups is 1. The number of halogens is 1. The molecule has 0 aliphatic carbocycles. The van der Waals surface area contributed by atoms with Crippen molar-refractivity contribution in [3.8, 4) is 0 Å². The Morgan fingerprint density at radius 3 is 2.95 bits per heavy atom. The molecular formula is C13H15BrO4S. The number of hydrogen-bond donors (Lipinski definition) is 1. The highest BCUT2D eigenvalue weighted by atomic mass is 79.9. The lowest BCUT2D eigenvalue weighted by molar-refractivity contribution is 0.0693. The maximum absolute atomic E-state index is 12.3. The number of ether oxygens (including phenoxy) is 1. The lowest BCUT2D eigenvalue weighted by Crippen LogP contribution is -2.12. The maximum Gasteiger partial charge on any atom is 0.336 e. The predicted molar refractivity (Wildman–Crippen MR) is 76.0 cm³/mol. The zero-order valence-corrected chi connectivity index (χ0v) is 12.7. The van der Waals surface area contributed by atoms with Crippen molar-refractivity contribution >= 4 is 32.7 Å². The van der Waals surface area contributed by atoms with Gasteiger partial charge in [-0.3, -0.25) is 4.21 Å². The second-order valence-corrected chi connectivity index (χ2v) is 6.87. The quantitative estimate of drug-likeness (QED) is 0.890. The number of aromatic carboxylic acids is 1. The summed E-state index contributed by atoms with van der Waals surface area (Å²) in [6, 6.07) is 4.74. The van der Waals surface area contributed by atoms with Gasteiger partial charge in [0.25, 0.3) is 0 Å². The Hall–Kier alpha value is -0.720. The van der Waals surface area contributed by atoms with Crippen LogP contribution in [-0.4, -0.2) is 33.7 Å². The molecule has 0 spiro atoms. The van der Waals surface area contributed by atoms with Crippen molar-refractivity contribution in [2.24, 2.45) is 0 Å². The monoisotopic (exact) mass is 346 g/mol. The summed E-state index contributed by atoms with van der Waals surface area (Å²) in [4.78, 5) is 11.5. The summed E-state index contributed by atoms with van der Waals surface area (Å²) in [5.41, 5.74) is 0.105. The zero-order valence-electron chi connectivity index (χ0n) is 10.3. The van der Waals surface area contributed by atoms with Crippen LogP contribution in [0.1, 0.15) is 29.6 Å². The van der Waals surface area contributed by atoms with Gasteiger partial charge in [-0.1, -0.05) is 15.9 Å². The molecule has 0 amide bonds. The van der Waals surface area contributed by atoms with E-state index in [1.807, 2.05) is 0 Å². The SMILES string of the molecule is O=C(O)c1ccc(Br)cc1S(=O)CCC1CCCO1. The molecule has 6 heteroatoms. The number of carboxylic acids is 1. The summed E-state index contributed by atoms with van der Waals surface area (Å²) in [5.74, 6) is -0.616. The molecule has 1 aliphatic rings. The fourth-order valence-electron chi connectivity index (χ4n) is 2.08. The van der Waals surface area contributed by atoms with E-state index in [1.165, 1.54) is 6.07 Å². The number of benzene rings is 1. The Morgan fingerprint density at radius 2 is 2.32 bits per heavy atom. The third-order valence-electron chi connectivity index (χ3n) is 3.07. The van der Waals surface area contributed by atoms with Gasteiger partial charge in [0.1, 0.15) is 0 Å². The molecule has 0 radical (unpaired) electrons. The fourth-order valence-corrected chi connectivity index (χ4v) is 3.95. The van der Waals surface area contributed by atoms with Gasteiger partial charge in [-0.15, -0.1) is 0 Å². The van der Waals surface area contributed by atoms with Gasteiger partial charge in [0.05, 0.1) is 27.4 Å². The Balaban J connectivity index is 2.08. The molecule has 0 aromatic heterocycles. The van der Waals surface area contributed by atoms with E-state index in [9.17, 15) is 9.00 Å². The largest absolute Gasteiger partial charge is 0.478 e. The molecule has 2 unspecified atom stereocenters. The fraction of sp³-hybridized carbons (Fsp3) is 0.462. The molecule has 104 valence electrons. The minimum Gasteiger partial charge on any atom is -0.478 e. The van der Waals surface area contributed by atoms with Gasteiger partial charge in [0.2, 0.25) is 0 Å². The van der Waals surface area contributed by atoms with Crippen molar-refractivity contribution in [3.05, 3.63) is 28.2 Å². The van der Waals surface area contributed by atoms with E-state index in [0.717, 1.165) is 23.9 Å². The average molecular weight is 347 g/mol. The second-order valence-electron chi connectivity index (χ2n) is 4.42. The molecule has 1 heterocycles. The van der Waals surface area contributed by atoms with Crippen LogP contribution in [0.3, 0.4) is 0 Å². The number of rotatable bonds is 5. The van der Waals surface area contributed by atoms with Gasteiger partial charge < -0.3 is 9.84 Å². The second kappa shape index (κ2) is 6.63. The van der Waals surface area contributed by atoms with E-state index in [0.29, 0.717) is 17.1 Å². The molecule has 0 saturated carbocycles. The van der Waals surface area contributed by atoms with E-state index >= 15 is 0 Å². The summed E-state index contributed by atoms with van der Waals surface area (Å²) >= 11 is 3.28. The van der Waals surface area contributed by atoms with E-state index in [1.54, 1.807) is 12.1 Å². The van der Waals surface area contributed by atoms with Crippen LogP contribution in [-0.2, 0) is 15.5 Å². The van der Waals surface area contributed by atoms with Gasteiger partial charge in [0.15, 0.2) is 0 Å². The van der Waals surface area contributed by atoms with Gasteiger partial charge in [-0.25, -0.2) is 4.79 Å². The molecule has 2 rings (SSSR count). The van der Waals surface area contributed by atoms with Gasteiger partial charge in [-0.2, -0.15) is 0 Å². The van der Waals surface area contributed by atoms with Crippen LogP contribution in [0.2, 0.25) is 0 Å². The molecule has 1 N–H and O–H groups in total. The Kier molecular flexibility index (Phi) is 5.13. The summed E-state index contributed by atoms with van der Waals surface area (Å²) < 4.78 is 18.5. The summed E-state index contributed by atoms with van der Waals surface area (Å²) in [5, 5.41) is 9.11. The van der Waals surface area contributed by atoms with Crippen molar-refractivity contribution in [2.75, 3.05) is 12.4 Å². The van der Waals surface area contributed by atoms with Crippen LogP contribution in [0.25, 0.3) is 0 Å². The topological polar surface area (TPSA) is 63.6 Å². The standard InChI is InChI=1S/C13H15BrO4S/c14-9-3-4-11(13(15)16)12(8-9)19(17)7-5-10-2-1-6-18-10/h3-4,8,10H,1-2,5-7H2,(H,15,16). The predicted octanol–water partition coefficient (Wildman–Crippen LogP) is 2.82. The highest BCUT2D eigenvalue weighted by Crippen LogP contribution is 2.22. The Bertz CT molecular complexity index is 497. The zero-order chi connectivity index (χ0) is 13.8. The molecule has 4 nitrogen and oxygen atoms in total. The molecule has 1 aliphatic heterocycles. The van der Waals surface area contributed by atoms with Crippen molar-refractivity contribution in [3.63, 3.8) is 0 Å². The minimum atomic E-state index is -1.31. The smallest absolute Gasteiger partial charge is 0.336 e. The lowest BCUT2D eigenvalue weighted by Gasteiger charge is -2.10. The van der Waals surface area contributed by atoms with E-state index in [4.69, 9.17) is 9.84 Å². The molecule has 19 heavy (non-hydrogen) atoms. The third kappa shape index (κ3) is 3.87. The summed E-state index contributed by atoms with van der Waals surface area (Å²) in [7, 11) is -1.31. The first-order chi connectivity index (χ1) is 9.08. The first-order valence-electron chi connectivity index (χ1n) is 6.11. The first-order valence-corrected chi connectivity index (χ1v) is 8.22. The number of carboxylic acid groups (broad SMARTS) is 1. The minimum absolute atomic E-state index is 0.105. The molecule has 1 fully saturated rings. The first kappa shape index (κ1) is 14.7. The van der Waals surface area contributed by atoms with E-state index < -0.39 is 16.8 Å². The van der Waals surface area contributed by atoms with E-state index in [-0.39, 0.29) is 11.7 Å². The van der Waals surface area contributed by atoms with E-state index in [2.05, 4.69) is 15.9 Å². The molecule has 0 bridgehead atoms. The highest BCUT2D eigenvalue weighted by molar-refractivity contribution is 9.10. The Labute approximate surface area is 122 Å². The van der Waals surface area contributed by atoms with Crippen LogP contribution in [0.5, 0.6) is 0 Å². The van der Waals surface area contributed by atoms with Gasteiger partial charge in [-0.05, 0) is 37.5 Å². The highest BCUT2D eigenvalue weighted by Gasteiger charge is 2.19. The lowest BCUT2D eigenvalue weighted by atomic mass is 10.2. The summed E-state index contributed by atoms with van der Waals surface area (Å²) in [6.45, 7) is 0.772. The Morgan fingerprint density at radius 1 is 1.53 bits per heavy atom. The van der Waals surface area contributed by atoms with Crippen molar-refractivity contribution in [1.29, 1.82) is 0 Å². The van der Waals surface area contributed by atoms with Crippen LogP contribution < -0.4 is 0 Å².